The Kier molecular flexibility index (Phi) is 6.04. The Morgan fingerprint density at radius 3 is 2.57 bits per heavy atom. The average Bonchev–Trinajstić information content (AvgIpc) is 3.41. The molecule has 0 spiro atoms. The topological polar surface area (TPSA) is 73.9 Å². The van der Waals surface area contributed by atoms with Crippen molar-refractivity contribution in [2.24, 2.45) is 0 Å². The van der Waals surface area contributed by atoms with Crippen LogP contribution in [0.15, 0.2) is 59.8 Å². The second kappa shape index (κ2) is 9.03. The van der Waals surface area contributed by atoms with Crippen molar-refractivity contribution in [1.29, 1.82) is 0 Å². The van der Waals surface area contributed by atoms with E-state index >= 15 is 0 Å². The molecular formula is C21H23N5OS. The number of rotatable bonds is 7. The second-order valence-corrected chi connectivity index (χ2v) is 7.79. The number of anilines is 1. The van der Waals surface area contributed by atoms with Crippen molar-refractivity contribution < 1.29 is 4.79 Å². The summed E-state index contributed by atoms with van der Waals surface area (Å²) in [6.45, 7) is 3.35. The summed E-state index contributed by atoms with van der Waals surface area (Å²) < 4.78 is 0. The number of aromatic nitrogens is 3. The normalized spacial score (nSPS) is 14.3. The molecule has 6 nitrogen and oxygen atoms in total. The summed E-state index contributed by atoms with van der Waals surface area (Å²) in [6.07, 6.45) is 2.59. The Labute approximate surface area is 168 Å². The summed E-state index contributed by atoms with van der Waals surface area (Å²) in [5, 5.41) is 10.6. The van der Waals surface area contributed by atoms with Crippen LogP contribution in [0.3, 0.4) is 0 Å². The number of carbonyl (C=O) groups excluding carboxylic acids is 1. The van der Waals surface area contributed by atoms with Gasteiger partial charge in [-0.1, -0.05) is 54.2 Å². The van der Waals surface area contributed by atoms with Gasteiger partial charge in [-0.15, -0.1) is 5.10 Å². The van der Waals surface area contributed by atoms with Crippen molar-refractivity contribution in [3.63, 3.8) is 0 Å². The molecule has 2 heterocycles. The Morgan fingerprint density at radius 1 is 1.07 bits per heavy atom. The molecule has 28 heavy (non-hydrogen) atoms. The van der Waals surface area contributed by atoms with E-state index in [2.05, 4.69) is 37.5 Å². The minimum absolute atomic E-state index is 0.0663. The van der Waals surface area contributed by atoms with Crippen LogP contribution < -0.4 is 5.32 Å². The summed E-state index contributed by atoms with van der Waals surface area (Å²) in [5.74, 6) is 0.905. The highest BCUT2D eigenvalue weighted by Crippen LogP contribution is 2.19. The molecule has 0 unspecified atom stereocenters. The lowest BCUT2D eigenvalue weighted by Gasteiger charge is -2.14. The van der Waals surface area contributed by atoms with Crippen LogP contribution in [-0.2, 0) is 11.3 Å². The van der Waals surface area contributed by atoms with E-state index in [9.17, 15) is 4.79 Å². The van der Waals surface area contributed by atoms with Crippen molar-refractivity contribution >= 4 is 23.4 Å². The summed E-state index contributed by atoms with van der Waals surface area (Å²) in [6, 6.07) is 17.9. The molecule has 1 aliphatic heterocycles. The van der Waals surface area contributed by atoms with Gasteiger partial charge in [-0.2, -0.15) is 0 Å². The molecule has 144 valence electrons. The van der Waals surface area contributed by atoms with Gasteiger partial charge >= 0.3 is 0 Å². The summed E-state index contributed by atoms with van der Waals surface area (Å²) in [7, 11) is 0. The van der Waals surface area contributed by atoms with Crippen LogP contribution in [0.5, 0.6) is 0 Å². The summed E-state index contributed by atoms with van der Waals surface area (Å²) >= 11 is 1.32. The zero-order valence-corrected chi connectivity index (χ0v) is 16.4. The molecule has 1 aromatic heterocycles. The van der Waals surface area contributed by atoms with Gasteiger partial charge in [0.05, 0.1) is 5.75 Å². The molecule has 3 aromatic rings. The lowest BCUT2D eigenvalue weighted by atomic mass is 10.2. The van der Waals surface area contributed by atoms with Gasteiger partial charge in [-0.3, -0.25) is 14.8 Å². The predicted octanol–water partition coefficient (Wildman–Crippen LogP) is 3.80. The number of H-pyrrole nitrogens is 1. The molecule has 2 N–H and O–H groups in total. The monoisotopic (exact) mass is 393 g/mol. The maximum absolute atomic E-state index is 12.2. The van der Waals surface area contributed by atoms with E-state index in [0.717, 1.165) is 17.8 Å². The van der Waals surface area contributed by atoms with Crippen LogP contribution in [0, 0.1) is 0 Å². The van der Waals surface area contributed by atoms with Gasteiger partial charge in [-0.05, 0) is 43.6 Å². The van der Waals surface area contributed by atoms with E-state index in [-0.39, 0.29) is 11.7 Å². The smallest absolute Gasteiger partial charge is 0.234 e. The maximum Gasteiger partial charge on any atom is 0.234 e. The van der Waals surface area contributed by atoms with Crippen LogP contribution >= 0.6 is 11.8 Å². The summed E-state index contributed by atoms with van der Waals surface area (Å²) in [4.78, 5) is 19.1. The van der Waals surface area contributed by atoms with E-state index in [0.29, 0.717) is 11.0 Å². The average molecular weight is 394 g/mol. The molecule has 2 aromatic carbocycles. The van der Waals surface area contributed by atoms with Gasteiger partial charge in [0.25, 0.3) is 0 Å². The number of hydrogen-bond donors (Lipinski definition) is 2. The van der Waals surface area contributed by atoms with Crippen molar-refractivity contribution in [3.8, 4) is 11.4 Å². The standard InChI is InChI=1S/C21H23N5OS/c27-19(15-28-21-23-20(24-25-21)17-6-2-1-3-7-17)22-18-10-8-16(9-11-18)14-26-12-4-5-13-26/h1-3,6-11H,4-5,12-15H2,(H,22,27)(H,23,24,25). The zero-order valence-electron chi connectivity index (χ0n) is 15.6. The zero-order chi connectivity index (χ0) is 19.2. The first-order chi connectivity index (χ1) is 13.8. The number of carbonyl (C=O) groups is 1. The number of hydrogen-bond acceptors (Lipinski definition) is 5. The number of nitrogens with zero attached hydrogens (tertiary/aromatic N) is 3. The van der Waals surface area contributed by atoms with E-state index < -0.39 is 0 Å². The lowest BCUT2D eigenvalue weighted by molar-refractivity contribution is -0.113. The Bertz CT molecular complexity index is 904. The molecule has 4 rings (SSSR count). The largest absolute Gasteiger partial charge is 0.325 e. The number of aromatic amines is 1. The van der Waals surface area contributed by atoms with Crippen LogP contribution in [0.1, 0.15) is 18.4 Å². The Hall–Kier alpha value is -2.64. The minimum Gasteiger partial charge on any atom is -0.325 e. The summed E-state index contributed by atoms with van der Waals surface area (Å²) in [5.41, 5.74) is 3.07. The van der Waals surface area contributed by atoms with Crippen molar-refractivity contribution in [2.45, 2.75) is 24.5 Å². The van der Waals surface area contributed by atoms with Gasteiger partial charge in [0.2, 0.25) is 11.1 Å². The lowest BCUT2D eigenvalue weighted by Crippen LogP contribution is -2.18. The van der Waals surface area contributed by atoms with Crippen LogP contribution in [-0.4, -0.2) is 44.8 Å². The minimum atomic E-state index is -0.0663. The third-order valence-electron chi connectivity index (χ3n) is 4.69. The van der Waals surface area contributed by atoms with Crippen molar-refractivity contribution in [1.82, 2.24) is 20.1 Å². The van der Waals surface area contributed by atoms with Gasteiger partial charge < -0.3 is 5.32 Å². The van der Waals surface area contributed by atoms with Crippen LogP contribution in [0.25, 0.3) is 11.4 Å². The van der Waals surface area contributed by atoms with Gasteiger partial charge in [0.15, 0.2) is 5.82 Å². The molecule has 0 saturated carbocycles. The molecular weight excluding hydrogens is 370 g/mol. The first kappa shape index (κ1) is 18.7. The molecule has 0 radical (unpaired) electrons. The first-order valence-electron chi connectivity index (χ1n) is 9.48. The SMILES string of the molecule is O=C(CSc1n[nH]c(-c2ccccc2)n1)Nc1ccc(CN2CCCC2)cc1. The van der Waals surface area contributed by atoms with Gasteiger partial charge in [-0.25, -0.2) is 4.98 Å². The number of likely N-dealkylation sites (tertiary alicyclic amines) is 1. The first-order valence-corrected chi connectivity index (χ1v) is 10.5. The van der Waals surface area contributed by atoms with Gasteiger partial charge in [0, 0.05) is 17.8 Å². The number of amides is 1. The molecule has 1 saturated heterocycles. The molecule has 0 bridgehead atoms. The predicted molar refractivity (Wildman–Crippen MR) is 112 cm³/mol. The number of thioether (sulfide) groups is 1. The third-order valence-corrected chi connectivity index (χ3v) is 5.53. The van der Waals surface area contributed by atoms with Crippen molar-refractivity contribution in [3.05, 3.63) is 60.2 Å². The molecule has 0 atom stereocenters. The van der Waals surface area contributed by atoms with E-state index in [4.69, 9.17) is 0 Å². The molecule has 1 fully saturated rings. The molecule has 1 amide bonds. The second-order valence-electron chi connectivity index (χ2n) is 6.85. The number of benzene rings is 2. The Balaban J connectivity index is 1.26. The molecule has 0 aliphatic carbocycles. The van der Waals surface area contributed by atoms with E-state index in [1.807, 2.05) is 42.5 Å². The van der Waals surface area contributed by atoms with Crippen LogP contribution in [0.4, 0.5) is 5.69 Å². The third kappa shape index (κ3) is 4.99. The fraction of sp³-hybridized carbons (Fsp3) is 0.286. The highest BCUT2D eigenvalue weighted by Gasteiger charge is 2.12. The molecule has 7 heteroatoms. The van der Waals surface area contributed by atoms with E-state index in [1.165, 1.54) is 43.3 Å². The molecule has 1 aliphatic rings. The van der Waals surface area contributed by atoms with Crippen LogP contribution in [0.2, 0.25) is 0 Å². The van der Waals surface area contributed by atoms with E-state index in [1.54, 1.807) is 0 Å². The quantitative estimate of drug-likeness (QED) is 0.597. The fourth-order valence-corrected chi connectivity index (χ4v) is 3.85. The number of nitrogens with one attached hydrogen (secondary N) is 2. The fourth-order valence-electron chi connectivity index (χ4n) is 3.26. The highest BCUT2D eigenvalue weighted by atomic mass is 32.2. The van der Waals surface area contributed by atoms with Crippen molar-refractivity contribution in [2.75, 3.05) is 24.2 Å². The van der Waals surface area contributed by atoms with Gasteiger partial charge in [0.1, 0.15) is 0 Å². The highest BCUT2D eigenvalue weighted by molar-refractivity contribution is 7.99. The Morgan fingerprint density at radius 2 is 1.82 bits per heavy atom. The maximum atomic E-state index is 12.2.